The first-order chi connectivity index (χ1) is 7.30. The number of hydrogen-bond acceptors (Lipinski definition) is 2. The molecule has 16 heavy (non-hydrogen) atoms. The van der Waals surface area contributed by atoms with Crippen LogP contribution in [0.1, 0.15) is 58.7 Å². The summed E-state index contributed by atoms with van der Waals surface area (Å²) in [7, 11) is 0. The summed E-state index contributed by atoms with van der Waals surface area (Å²) in [4.78, 5) is 4.26. The van der Waals surface area contributed by atoms with Gasteiger partial charge in [-0.25, -0.2) is 4.98 Å². The molecule has 0 saturated heterocycles. The molecule has 1 saturated carbocycles. The second-order valence-electron chi connectivity index (χ2n) is 6.47. The minimum absolute atomic E-state index is 0.302. The van der Waals surface area contributed by atoms with E-state index in [0.29, 0.717) is 11.5 Å². The molecule has 1 atom stereocenters. The Labute approximate surface area is 98.1 Å². The zero-order valence-corrected chi connectivity index (χ0v) is 10.8. The molecule has 1 fully saturated rings. The van der Waals surface area contributed by atoms with Crippen LogP contribution in [0.2, 0.25) is 0 Å². The lowest BCUT2D eigenvalue weighted by molar-refractivity contribution is 0.350. The number of rotatable bonds is 2. The first-order valence-electron chi connectivity index (χ1n) is 6.11. The number of hydrogen-bond donors (Lipinski definition) is 1. The van der Waals surface area contributed by atoms with Gasteiger partial charge in [-0.1, -0.05) is 13.8 Å². The third-order valence-electron chi connectivity index (χ3n) is 3.66. The SMILES string of the molecule is CC1(C)CCC(n2cncc2C(C)(C)N)C1. The Balaban J connectivity index is 2.26. The van der Waals surface area contributed by atoms with Crippen molar-refractivity contribution >= 4 is 0 Å². The van der Waals surface area contributed by atoms with Crippen LogP contribution in [0.3, 0.4) is 0 Å². The van der Waals surface area contributed by atoms with Gasteiger partial charge in [-0.15, -0.1) is 0 Å². The highest BCUT2D eigenvalue weighted by molar-refractivity contribution is 5.12. The molecular weight excluding hydrogens is 198 g/mol. The summed E-state index contributed by atoms with van der Waals surface area (Å²) < 4.78 is 2.29. The summed E-state index contributed by atoms with van der Waals surface area (Å²) in [5, 5.41) is 0. The van der Waals surface area contributed by atoms with Crippen LogP contribution in [0, 0.1) is 5.41 Å². The van der Waals surface area contributed by atoms with Crippen LogP contribution in [0.4, 0.5) is 0 Å². The van der Waals surface area contributed by atoms with Gasteiger partial charge in [-0.2, -0.15) is 0 Å². The number of nitrogens with two attached hydrogens (primary N) is 1. The summed E-state index contributed by atoms with van der Waals surface area (Å²) in [6.07, 6.45) is 7.61. The van der Waals surface area contributed by atoms with Crippen molar-refractivity contribution in [3.8, 4) is 0 Å². The van der Waals surface area contributed by atoms with Crippen molar-refractivity contribution in [1.29, 1.82) is 0 Å². The molecule has 0 radical (unpaired) electrons. The van der Waals surface area contributed by atoms with E-state index in [9.17, 15) is 0 Å². The molecule has 2 N–H and O–H groups in total. The first kappa shape index (κ1) is 11.6. The van der Waals surface area contributed by atoms with E-state index in [1.807, 2.05) is 26.4 Å². The molecule has 0 bridgehead atoms. The van der Waals surface area contributed by atoms with Crippen molar-refractivity contribution in [2.24, 2.45) is 11.1 Å². The van der Waals surface area contributed by atoms with E-state index in [-0.39, 0.29) is 5.54 Å². The van der Waals surface area contributed by atoms with Gasteiger partial charge >= 0.3 is 0 Å². The third kappa shape index (κ3) is 2.14. The molecule has 1 heterocycles. The Hall–Kier alpha value is -0.830. The van der Waals surface area contributed by atoms with Crippen LogP contribution in [0.25, 0.3) is 0 Å². The van der Waals surface area contributed by atoms with E-state index < -0.39 is 0 Å². The van der Waals surface area contributed by atoms with E-state index in [1.165, 1.54) is 19.3 Å². The fraction of sp³-hybridized carbons (Fsp3) is 0.769. The van der Waals surface area contributed by atoms with Crippen molar-refractivity contribution < 1.29 is 0 Å². The molecule has 1 aromatic heterocycles. The molecule has 3 heteroatoms. The minimum Gasteiger partial charge on any atom is -0.330 e. The Bertz CT molecular complexity index is 371. The lowest BCUT2D eigenvalue weighted by Gasteiger charge is -2.25. The van der Waals surface area contributed by atoms with Gasteiger partial charge in [0.2, 0.25) is 0 Å². The molecule has 2 rings (SSSR count). The molecule has 0 amide bonds. The van der Waals surface area contributed by atoms with Crippen molar-refractivity contribution in [3.05, 3.63) is 18.2 Å². The van der Waals surface area contributed by atoms with Gasteiger partial charge in [0.15, 0.2) is 0 Å². The van der Waals surface area contributed by atoms with Gasteiger partial charge in [-0.3, -0.25) is 0 Å². The Morgan fingerprint density at radius 2 is 2.19 bits per heavy atom. The zero-order valence-electron chi connectivity index (χ0n) is 10.8. The molecule has 90 valence electrons. The normalized spacial score (nSPS) is 24.9. The highest BCUT2D eigenvalue weighted by atomic mass is 15.1. The molecular formula is C13H23N3. The third-order valence-corrected chi connectivity index (χ3v) is 3.66. The standard InChI is InChI=1S/C13H23N3/c1-12(2)6-5-10(7-12)16-9-15-8-11(16)13(3,4)14/h8-10H,5-7,14H2,1-4H3. The molecule has 1 aliphatic carbocycles. The van der Waals surface area contributed by atoms with Crippen LogP contribution in [-0.2, 0) is 5.54 Å². The molecule has 1 aromatic rings. The number of imidazole rings is 1. The van der Waals surface area contributed by atoms with E-state index in [1.54, 1.807) is 0 Å². The second kappa shape index (κ2) is 3.59. The van der Waals surface area contributed by atoms with Gasteiger partial charge < -0.3 is 10.3 Å². The second-order valence-corrected chi connectivity index (χ2v) is 6.47. The van der Waals surface area contributed by atoms with E-state index >= 15 is 0 Å². The Morgan fingerprint density at radius 3 is 2.69 bits per heavy atom. The Morgan fingerprint density at radius 1 is 1.50 bits per heavy atom. The minimum atomic E-state index is -0.302. The lowest BCUT2D eigenvalue weighted by Crippen LogP contribution is -2.32. The van der Waals surface area contributed by atoms with Gasteiger partial charge in [0, 0.05) is 12.2 Å². The predicted octanol–water partition coefficient (Wildman–Crippen LogP) is 2.83. The van der Waals surface area contributed by atoms with Crippen LogP contribution in [-0.4, -0.2) is 9.55 Å². The summed E-state index contributed by atoms with van der Waals surface area (Å²) in [5.41, 5.74) is 7.49. The smallest absolute Gasteiger partial charge is 0.0951 e. The summed E-state index contributed by atoms with van der Waals surface area (Å²) >= 11 is 0. The lowest BCUT2D eigenvalue weighted by atomic mass is 9.91. The van der Waals surface area contributed by atoms with Crippen molar-refractivity contribution in [2.75, 3.05) is 0 Å². The van der Waals surface area contributed by atoms with Crippen molar-refractivity contribution in [2.45, 2.75) is 58.5 Å². The molecule has 1 aliphatic rings. The van der Waals surface area contributed by atoms with E-state index in [2.05, 4.69) is 23.4 Å². The summed E-state index contributed by atoms with van der Waals surface area (Å²) in [6, 6.07) is 0.579. The van der Waals surface area contributed by atoms with Crippen molar-refractivity contribution in [3.63, 3.8) is 0 Å². The molecule has 3 nitrogen and oxygen atoms in total. The van der Waals surface area contributed by atoms with Crippen LogP contribution >= 0.6 is 0 Å². The largest absolute Gasteiger partial charge is 0.330 e. The van der Waals surface area contributed by atoms with Crippen LogP contribution in [0.15, 0.2) is 12.5 Å². The first-order valence-corrected chi connectivity index (χ1v) is 6.11. The highest BCUT2D eigenvalue weighted by Gasteiger charge is 2.34. The fourth-order valence-corrected chi connectivity index (χ4v) is 2.73. The van der Waals surface area contributed by atoms with Crippen LogP contribution in [0.5, 0.6) is 0 Å². The van der Waals surface area contributed by atoms with Crippen molar-refractivity contribution in [1.82, 2.24) is 9.55 Å². The maximum absolute atomic E-state index is 6.18. The number of nitrogens with zero attached hydrogens (tertiary/aromatic N) is 2. The van der Waals surface area contributed by atoms with Crippen LogP contribution < -0.4 is 5.73 Å². The van der Waals surface area contributed by atoms with Gasteiger partial charge in [0.25, 0.3) is 0 Å². The van der Waals surface area contributed by atoms with E-state index in [4.69, 9.17) is 5.73 Å². The monoisotopic (exact) mass is 221 g/mol. The summed E-state index contributed by atoms with van der Waals surface area (Å²) in [5.74, 6) is 0. The zero-order chi connectivity index (χ0) is 12.0. The maximum Gasteiger partial charge on any atom is 0.0951 e. The molecule has 1 unspecified atom stereocenters. The Kier molecular flexibility index (Phi) is 2.61. The topological polar surface area (TPSA) is 43.8 Å². The molecule has 0 spiro atoms. The predicted molar refractivity (Wildman–Crippen MR) is 66.1 cm³/mol. The quantitative estimate of drug-likeness (QED) is 0.834. The van der Waals surface area contributed by atoms with E-state index in [0.717, 1.165) is 5.69 Å². The van der Waals surface area contributed by atoms with Gasteiger partial charge in [-0.05, 0) is 38.5 Å². The molecule has 0 aliphatic heterocycles. The highest BCUT2D eigenvalue weighted by Crippen LogP contribution is 2.44. The fourth-order valence-electron chi connectivity index (χ4n) is 2.73. The average Bonchev–Trinajstić information content (AvgIpc) is 2.68. The van der Waals surface area contributed by atoms with Gasteiger partial charge in [0.05, 0.1) is 17.6 Å². The maximum atomic E-state index is 6.18. The summed E-state index contributed by atoms with van der Waals surface area (Å²) in [6.45, 7) is 8.77. The number of aromatic nitrogens is 2. The average molecular weight is 221 g/mol. The molecule has 0 aromatic carbocycles. The van der Waals surface area contributed by atoms with Gasteiger partial charge in [0.1, 0.15) is 0 Å².